The Morgan fingerprint density at radius 1 is 1.12 bits per heavy atom. The van der Waals surface area contributed by atoms with Crippen molar-refractivity contribution in [2.45, 2.75) is 31.9 Å². The summed E-state index contributed by atoms with van der Waals surface area (Å²) in [5.41, 5.74) is -0.585. The van der Waals surface area contributed by atoms with Crippen molar-refractivity contribution in [2.75, 3.05) is 19.7 Å². The first kappa shape index (κ1) is 22.5. The number of nitrogens with zero attached hydrogens (tertiary/aromatic N) is 4. The zero-order chi connectivity index (χ0) is 22.9. The number of benzene rings is 1. The third-order valence-corrected chi connectivity index (χ3v) is 5.97. The number of alkyl halides is 3. The number of aliphatic hydroxyl groups excluding tert-OH is 1. The highest BCUT2D eigenvalue weighted by molar-refractivity contribution is 6.30. The molecule has 1 saturated heterocycles. The molecule has 4 rings (SSSR count). The number of hydrogen-bond donors (Lipinski definition) is 1. The summed E-state index contributed by atoms with van der Waals surface area (Å²) >= 11 is 5.88. The van der Waals surface area contributed by atoms with Crippen LogP contribution < -0.4 is 0 Å². The van der Waals surface area contributed by atoms with Crippen molar-refractivity contribution < 1.29 is 23.1 Å². The fourth-order valence-corrected chi connectivity index (χ4v) is 4.05. The summed E-state index contributed by atoms with van der Waals surface area (Å²) in [4.78, 5) is 19.0. The molecule has 1 aromatic carbocycles. The van der Waals surface area contributed by atoms with Gasteiger partial charge in [0.05, 0.1) is 5.69 Å². The number of amides is 1. The molecule has 0 saturated carbocycles. The molecule has 0 spiro atoms. The lowest BCUT2D eigenvalue weighted by molar-refractivity contribution is -0.142. The van der Waals surface area contributed by atoms with E-state index in [-0.39, 0.29) is 29.6 Å². The van der Waals surface area contributed by atoms with Gasteiger partial charge in [0.1, 0.15) is 0 Å². The molecule has 2 aromatic heterocycles. The minimum atomic E-state index is -4.69. The standard InChI is InChI=1S/C22H22ClF3N4O2/c23-16-6-4-15(5-7-16)17-11-19(22(24,25)26)30-20(27-17)12-18(28-30)21(32)29-9-2-1-3-14(13-31)8-10-29/h4-7,11-12,14,31H,1-3,8-10,13H2. The Kier molecular flexibility index (Phi) is 6.39. The van der Waals surface area contributed by atoms with E-state index < -0.39 is 17.8 Å². The topological polar surface area (TPSA) is 70.7 Å². The van der Waals surface area contributed by atoms with E-state index in [9.17, 15) is 23.1 Å². The van der Waals surface area contributed by atoms with E-state index in [2.05, 4.69) is 10.1 Å². The van der Waals surface area contributed by atoms with E-state index in [1.54, 1.807) is 29.2 Å². The van der Waals surface area contributed by atoms with Gasteiger partial charge in [-0.25, -0.2) is 9.50 Å². The Morgan fingerprint density at radius 3 is 2.56 bits per heavy atom. The molecular weight excluding hydrogens is 445 g/mol. The van der Waals surface area contributed by atoms with Crippen LogP contribution in [0.1, 0.15) is 41.9 Å². The van der Waals surface area contributed by atoms with Crippen molar-refractivity contribution in [3.63, 3.8) is 0 Å². The highest BCUT2D eigenvalue weighted by Gasteiger charge is 2.36. The van der Waals surface area contributed by atoms with E-state index in [0.717, 1.165) is 25.3 Å². The summed E-state index contributed by atoms with van der Waals surface area (Å²) in [6, 6.07) is 8.52. The third-order valence-electron chi connectivity index (χ3n) is 5.72. The third kappa shape index (κ3) is 4.73. The van der Waals surface area contributed by atoms with Crippen molar-refractivity contribution >= 4 is 23.2 Å². The van der Waals surface area contributed by atoms with Crippen LogP contribution >= 0.6 is 11.6 Å². The van der Waals surface area contributed by atoms with Gasteiger partial charge >= 0.3 is 6.18 Å². The summed E-state index contributed by atoms with van der Waals surface area (Å²) in [7, 11) is 0. The monoisotopic (exact) mass is 466 g/mol. The smallest absolute Gasteiger partial charge is 0.396 e. The summed E-state index contributed by atoms with van der Waals surface area (Å²) < 4.78 is 42.1. The van der Waals surface area contributed by atoms with Crippen LogP contribution in [0.25, 0.3) is 16.9 Å². The summed E-state index contributed by atoms with van der Waals surface area (Å²) in [6.45, 7) is 0.983. The number of hydrogen-bond acceptors (Lipinski definition) is 4. The van der Waals surface area contributed by atoms with E-state index in [1.165, 1.54) is 6.07 Å². The van der Waals surface area contributed by atoms with Gasteiger partial charge in [0.2, 0.25) is 0 Å². The number of aliphatic hydroxyl groups is 1. The van der Waals surface area contributed by atoms with Crippen LogP contribution in [-0.2, 0) is 6.18 Å². The number of likely N-dealkylation sites (tertiary alicyclic amines) is 1. The van der Waals surface area contributed by atoms with Gasteiger partial charge in [-0.2, -0.15) is 18.3 Å². The van der Waals surface area contributed by atoms with Crippen LogP contribution in [0.15, 0.2) is 36.4 Å². The predicted octanol–water partition coefficient (Wildman–Crippen LogP) is 4.69. The Labute approximate surface area is 187 Å². The molecule has 1 aliphatic rings. The van der Waals surface area contributed by atoms with Gasteiger partial charge in [-0.15, -0.1) is 0 Å². The van der Waals surface area contributed by atoms with Crippen LogP contribution in [0.2, 0.25) is 5.02 Å². The first-order valence-electron chi connectivity index (χ1n) is 10.4. The lowest BCUT2D eigenvalue weighted by Crippen LogP contribution is -2.35. The molecule has 3 aromatic rings. The highest BCUT2D eigenvalue weighted by atomic mass is 35.5. The molecule has 1 N–H and O–H groups in total. The first-order valence-corrected chi connectivity index (χ1v) is 10.8. The molecule has 170 valence electrons. The van der Waals surface area contributed by atoms with Gasteiger partial charge in [-0.1, -0.05) is 30.2 Å². The van der Waals surface area contributed by atoms with Crippen molar-refractivity contribution in [2.24, 2.45) is 5.92 Å². The van der Waals surface area contributed by atoms with Gasteiger partial charge in [0.15, 0.2) is 17.0 Å². The summed E-state index contributed by atoms with van der Waals surface area (Å²) in [5, 5.41) is 13.9. The molecule has 1 aliphatic heterocycles. The van der Waals surface area contributed by atoms with Crippen molar-refractivity contribution in [3.05, 3.63) is 52.8 Å². The SMILES string of the molecule is O=C(c1cc2nc(-c3ccc(Cl)cc3)cc(C(F)(F)F)n2n1)N1CCCCC(CO)CC1. The molecule has 1 atom stereocenters. The number of carbonyl (C=O) groups excluding carboxylic acids is 1. The van der Waals surface area contributed by atoms with Crippen molar-refractivity contribution in [3.8, 4) is 11.3 Å². The van der Waals surface area contributed by atoms with E-state index in [1.807, 2.05) is 0 Å². The first-order chi connectivity index (χ1) is 15.3. The Hall–Kier alpha value is -2.65. The van der Waals surface area contributed by atoms with Gasteiger partial charge in [0, 0.05) is 36.3 Å². The second-order valence-electron chi connectivity index (χ2n) is 7.96. The largest absolute Gasteiger partial charge is 0.433 e. The lowest BCUT2D eigenvalue weighted by Gasteiger charge is -2.27. The van der Waals surface area contributed by atoms with Crippen LogP contribution in [0.5, 0.6) is 0 Å². The molecule has 0 radical (unpaired) electrons. The molecule has 0 bridgehead atoms. The lowest BCUT2D eigenvalue weighted by atomic mass is 9.97. The Balaban J connectivity index is 1.72. The van der Waals surface area contributed by atoms with E-state index in [0.29, 0.717) is 34.6 Å². The highest BCUT2D eigenvalue weighted by Crippen LogP contribution is 2.33. The second kappa shape index (κ2) is 9.07. The average Bonchev–Trinajstić information content (AvgIpc) is 3.17. The molecule has 32 heavy (non-hydrogen) atoms. The average molecular weight is 467 g/mol. The van der Waals surface area contributed by atoms with Gasteiger partial charge in [-0.05, 0) is 43.4 Å². The quantitative estimate of drug-likeness (QED) is 0.607. The van der Waals surface area contributed by atoms with E-state index >= 15 is 0 Å². The number of halogens is 4. The van der Waals surface area contributed by atoms with Crippen LogP contribution in [-0.4, -0.2) is 50.2 Å². The van der Waals surface area contributed by atoms with E-state index in [4.69, 9.17) is 11.6 Å². The molecule has 3 heterocycles. The maximum absolute atomic E-state index is 13.8. The Morgan fingerprint density at radius 2 is 1.88 bits per heavy atom. The van der Waals surface area contributed by atoms with Gasteiger partial charge in [-0.3, -0.25) is 4.79 Å². The minimum absolute atomic E-state index is 0.0583. The van der Waals surface area contributed by atoms with Crippen LogP contribution in [0.3, 0.4) is 0 Å². The van der Waals surface area contributed by atoms with Gasteiger partial charge in [0.25, 0.3) is 5.91 Å². The molecule has 6 nitrogen and oxygen atoms in total. The van der Waals surface area contributed by atoms with Crippen molar-refractivity contribution in [1.29, 1.82) is 0 Å². The van der Waals surface area contributed by atoms with Crippen molar-refractivity contribution in [1.82, 2.24) is 19.5 Å². The normalized spacial score (nSPS) is 17.9. The zero-order valence-electron chi connectivity index (χ0n) is 17.1. The molecule has 1 unspecified atom stereocenters. The summed E-state index contributed by atoms with van der Waals surface area (Å²) in [5.74, 6) is -0.317. The Bertz CT molecular complexity index is 1110. The maximum atomic E-state index is 13.8. The zero-order valence-corrected chi connectivity index (χ0v) is 17.9. The maximum Gasteiger partial charge on any atom is 0.433 e. The molecule has 0 aliphatic carbocycles. The molecule has 10 heteroatoms. The second-order valence-corrected chi connectivity index (χ2v) is 8.39. The fraction of sp³-hybridized carbons (Fsp3) is 0.409. The predicted molar refractivity (Wildman–Crippen MR) is 113 cm³/mol. The van der Waals surface area contributed by atoms with Crippen LogP contribution in [0, 0.1) is 5.92 Å². The molecular formula is C22H22ClF3N4O2. The number of rotatable bonds is 3. The summed E-state index contributed by atoms with van der Waals surface area (Å²) in [6.07, 6.45) is -1.50. The fourth-order valence-electron chi connectivity index (χ4n) is 3.93. The number of aromatic nitrogens is 3. The minimum Gasteiger partial charge on any atom is -0.396 e. The molecule has 1 fully saturated rings. The number of fused-ring (bicyclic) bond motifs is 1. The molecule has 1 amide bonds. The number of carbonyl (C=O) groups is 1. The van der Waals surface area contributed by atoms with Gasteiger partial charge < -0.3 is 10.0 Å². The van der Waals surface area contributed by atoms with Crippen LogP contribution in [0.4, 0.5) is 13.2 Å².